The fourth-order valence-electron chi connectivity index (χ4n) is 7.22. The zero-order valence-corrected chi connectivity index (χ0v) is 25.3. The molecule has 8 heteroatoms. The third kappa shape index (κ3) is 6.76. The number of carboxylic acid groups (broad SMARTS) is 1. The number of halogens is 2. The summed E-state index contributed by atoms with van der Waals surface area (Å²) in [5.74, 6) is -0.579. The van der Waals surface area contributed by atoms with Crippen LogP contribution in [0.1, 0.15) is 74.9 Å². The quantitative estimate of drug-likeness (QED) is 0.329. The maximum Gasteiger partial charge on any atom is 0.321 e. The van der Waals surface area contributed by atoms with Crippen molar-refractivity contribution in [1.82, 2.24) is 19.6 Å². The molecule has 2 saturated heterocycles. The summed E-state index contributed by atoms with van der Waals surface area (Å²) in [5.41, 5.74) is 3.32. The minimum absolute atomic E-state index is 0.0742. The average Bonchev–Trinajstić information content (AvgIpc) is 3.53. The number of rotatable bonds is 9. The molecule has 0 saturated carbocycles. The van der Waals surface area contributed by atoms with Crippen molar-refractivity contribution in [3.05, 3.63) is 88.7 Å². The van der Waals surface area contributed by atoms with Crippen molar-refractivity contribution in [2.45, 2.75) is 71.4 Å². The Labute approximate surface area is 248 Å². The van der Waals surface area contributed by atoms with E-state index in [0.717, 1.165) is 50.3 Å². The van der Waals surface area contributed by atoms with E-state index in [2.05, 4.69) is 27.5 Å². The second-order valence-electron chi connectivity index (χ2n) is 13.2. The van der Waals surface area contributed by atoms with E-state index in [1.54, 1.807) is 18.2 Å². The van der Waals surface area contributed by atoms with Gasteiger partial charge in [-0.05, 0) is 79.6 Å². The molecule has 1 N–H and O–H groups in total. The number of hydrogen-bond acceptors (Lipinski definition) is 4. The van der Waals surface area contributed by atoms with E-state index >= 15 is 0 Å². The van der Waals surface area contributed by atoms with Crippen molar-refractivity contribution in [3.63, 3.8) is 0 Å². The largest absolute Gasteiger partial charge is 0.480 e. The summed E-state index contributed by atoms with van der Waals surface area (Å²) in [6.45, 7) is 12.8. The monoisotopic (exact) mass is 578 g/mol. The van der Waals surface area contributed by atoms with Crippen LogP contribution in [0.3, 0.4) is 0 Å². The molecule has 2 aromatic carbocycles. The van der Waals surface area contributed by atoms with Crippen molar-refractivity contribution in [2.75, 3.05) is 32.7 Å². The van der Waals surface area contributed by atoms with Crippen LogP contribution in [-0.4, -0.2) is 69.4 Å². The molecular weight excluding hydrogens is 534 g/mol. The van der Waals surface area contributed by atoms with Crippen LogP contribution in [0, 0.1) is 23.0 Å². The van der Waals surface area contributed by atoms with Crippen LogP contribution >= 0.6 is 0 Å². The molecule has 2 aliphatic rings. The number of likely N-dealkylation sites (tertiary alicyclic amines) is 2. The number of aromatic nitrogens is 2. The summed E-state index contributed by atoms with van der Waals surface area (Å²) in [6, 6.07) is 15.3. The van der Waals surface area contributed by atoms with Crippen LogP contribution in [0.4, 0.5) is 8.78 Å². The topological polar surface area (TPSA) is 61.6 Å². The molecule has 6 nitrogen and oxygen atoms in total. The minimum Gasteiger partial charge on any atom is -0.480 e. The molecular formula is C34H44F2N4O2. The lowest BCUT2D eigenvalue weighted by Crippen LogP contribution is -2.48. The first kappa shape index (κ1) is 30.4. The van der Waals surface area contributed by atoms with E-state index in [0.29, 0.717) is 31.0 Å². The molecule has 0 bridgehead atoms. The Hall–Kier alpha value is -3.10. The number of carboxylic acids is 1. The molecule has 226 valence electrons. The van der Waals surface area contributed by atoms with Gasteiger partial charge in [0.2, 0.25) is 0 Å². The highest BCUT2D eigenvalue weighted by Crippen LogP contribution is 2.39. The molecule has 3 aromatic rings. The van der Waals surface area contributed by atoms with Crippen molar-refractivity contribution >= 4 is 5.97 Å². The Morgan fingerprint density at radius 1 is 1.05 bits per heavy atom. The van der Waals surface area contributed by atoms with Crippen molar-refractivity contribution in [3.8, 4) is 0 Å². The molecule has 0 aliphatic carbocycles. The summed E-state index contributed by atoms with van der Waals surface area (Å²) in [7, 11) is 0. The van der Waals surface area contributed by atoms with Crippen molar-refractivity contribution < 1.29 is 18.7 Å². The van der Waals surface area contributed by atoms with E-state index in [9.17, 15) is 18.7 Å². The van der Waals surface area contributed by atoms with Gasteiger partial charge in [0.1, 0.15) is 17.7 Å². The third-order valence-corrected chi connectivity index (χ3v) is 9.15. The molecule has 0 spiro atoms. The zero-order valence-electron chi connectivity index (χ0n) is 25.3. The lowest BCUT2D eigenvalue weighted by Gasteiger charge is -2.36. The molecule has 2 aliphatic heterocycles. The fourth-order valence-corrected chi connectivity index (χ4v) is 7.22. The lowest BCUT2D eigenvalue weighted by molar-refractivity contribution is -0.147. The maximum absolute atomic E-state index is 14.3. The van der Waals surface area contributed by atoms with Gasteiger partial charge in [0, 0.05) is 50.1 Å². The summed E-state index contributed by atoms with van der Waals surface area (Å²) in [6.07, 6.45) is 2.49. The van der Waals surface area contributed by atoms with E-state index in [-0.39, 0.29) is 23.5 Å². The highest BCUT2D eigenvalue weighted by atomic mass is 19.1. The van der Waals surface area contributed by atoms with Gasteiger partial charge < -0.3 is 10.0 Å². The van der Waals surface area contributed by atoms with Gasteiger partial charge >= 0.3 is 5.97 Å². The van der Waals surface area contributed by atoms with Gasteiger partial charge in [-0.3, -0.25) is 14.4 Å². The highest BCUT2D eigenvalue weighted by Gasteiger charge is 2.44. The third-order valence-electron chi connectivity index (χ3n) is 9.15. The van der Waals surface area contributed by atoms with Gasteiger partial charge in [0.25, 0.3) is 0 Å². The highest BCUT2D eigenvalue weighted by molar-refractivity contribution is 5.74. The summed E-state index contributed by atoms with van der Waals surface area (Å²) in [5, 5.41) is 14.9. The summed E-state index contributed by atoms with van der Waals surface area (Å²) in [4.78, 5) is 16.9. The summed E-state index contributed by atoms with van der Waals surface area (Å²) < 4.78 is 30.6. The van der Waals surface area contributed by atoms with E-state index < -0.39 is 17.4 Å². The number of aliphatic carboxylic acids is 1. The molecule has 1 aromatic heterocycles. The molecule has 3 atom stereocenters. The van der Waals surface area contributed by atoms with Crippen LogP contribution < -0.4 is 0 Å². The fraction of sp³-hybridized carbons (Fsp3) is 0.529. The van der Waals surface area contributed by atoms with E-state index in [4.69, 9.17) is 5.10 Å². The van der Waals surface area contributed by atoms with Crippen LogP contribution in [0.25, 0.3) is 0 Å². The standard InChI is InChI=1S/C34H44F2N4O2/c1-5-40-31(19-28(37-40)18-25-9-6-7-12-30(25)36)23-13-15-38(16-14-23)20-26-21-39(32(33(41)42)34(2,3)4)22-29(26)24-10-8-11-27(35)17-24/h6-12,17,19,23,26,29,32H,5,13-16,18,20-22H2,1-4H3,(H,41,42)/t26-,29+,32-/m0/s1. The predicted octanol–water partition coefficient (Wildman–Crippen LogP) is 6.17. The van der Waals surface area contributed by atoms with Gasteiger partial charge in [-0.2, -0.15) is 5.10 Å². The van der Waals surface area contributed by atoms with Crippen LogP contribution in [0.2, 0.25) is 0 Å². The molecule has 5 rings (SSSR count). The Morgan fingerprint density at radius 3 is 2.43 bits per heavy atom. The SMILES string of the molecule is CCn1nc(Cc2ccccc2F)cc1C1CCN(C[C@H]2CN([C@@H](C(=O)O)C(C)(C)C)C[C@@H]2c2cccc(F)c2)CC1. The molecule has 3 heterocycles. The second-order valence-corrected chi connectivity index (χ2v) is 13.2. The van der Waals surface area contributed by atoms with Crippen LogP contribution in [0.5, 0.6) is 0 Å². The van der Waals surface area contributed by atoms with E-state index in [1.165, 1.54) is 17.8 Å². The van der Waals surface area contributed by atoms with E-state index in [1.807, 2.05) is 39.0 Å². The molecule has 0 amide bonds. The zero-order chi connectivity index (χ0) is 30.0. The van der Waals surface area contributed by atoms with Gasteiger partial charge in [0.05, 0.1) is 5.69 Å². The van der Waals surface area contributed by atoms with Gasteiger partial charge in [-0.1, -0.05) is 51.1 Å². The van der Waals surface area contributed by atoms with Crippen LogP contribution in [0.15, 0.2) is 54.6 Å². The van der Waals surface area contributed by atoms with Crippen molar-refractivity contribution in [2.24, 2.45) is 11.3 Å². The number of nitrogens with zero attached hydrogens (tertiary/aromatic N) is 4. The Kier molecular flexibility index (Phi) is 9.14. The molecule has 0 radical (unpaired) electrons. The van der Waals surface area contributed by atoms with Gasteiger partial charge in [0.15, 0.2) is 0 Å². The van der Waals surface area contributed by atoms with Crippen molar-refractivity contribution in [1.29, 1.82) is 0 Å². The average molecular weight is 579 g/mol. The Balaban J connectivity index is 1.27. The number of benzene rings is 2. The predicted molar refractivity (Wildman–Crippen MR) is 161 cm³/mol. The second kappa shape index (κ2) is 12.6. The van der Waals surface area contributed by atoms with Gasteiger partial charge in [-0.25, -0.2) is 8.78 Å². The number of aryl methyl sites for hydroxylation is 1. The normalized spacial score (nSPS) is 21.6. The first-order valence-electron chi connectivity index (χ1n) is 15.3. The molecule has 0 unspecified atom stereocenters. The maximum atomic E-state index is 14.3. The first-order chi connectivity index (χ1) is 20.0. The molecule has 42 heavy (non-hydrogen) atoms. The Bertz CT molecular complexity index is 1380. The molecule has 2 fully saturated rings. The van der Waals surface area contributed by atoms with Crippen LogP contribution in [-0.2, 0) is 17.8 Å². The lowest BCUT2D eigenvalue weighted by atomic mass is 9.85. The minimum atomic E-state index is -0.802. The summed E-state index contributed by atoms with van der Waals surface area (Å²) >= 11 is 0. The smallest absolute Gasteiger partial charge is 0.321 e. The number of hydrogen-bond donors (Lipinski definition) is 1. The van der Waals surface area contributed by atoms with Gasteiger partial charge in [-0.15, -0.1) is 0 Å². The Morgan fingerprint density at radius 2 is 1.79 bits per heavy atom. The number of piperidine rings is 1. The number of carbonyl (C=O) groups is 1. The first-order valence-corrected chi connectivity index (χ1v) is 15.3.